The fourth-order valence-corrected chi connectivity index (χ4v) is 1.14. The van der Waals surface area contributed by atoms with E-state index in [1.54, 1.807) is 0 Å². The van der Waals surface area contributed by atoms with Gasteiger partial charge in [0.2, 0.25) is 0 Å². The summed E-state index contributed by atoms with van der Waals surface area (Å²) in [7, 11) is 1.36. The van der Waals surface area contributed by atoms with Gasteiger partial charge in [-0.05, 0) is 11.6 Å². The van der Waals surface area contributed by atoms with E-state index in [-0.39, 0.29) is 17.9 Å². The first-order valence-corrected chi connectivity index (χ1v) is 4.07. The Labute approximate surface area is 85.2 Å². The summed E-state index contributed by atoms with van der Waals surface area (Å²) < 4.78 is 4.83. The van der Waals surface area contributed by atoms with Gasteiger partial charge in [0.15, 0.2) is 0 Å². The first-order chi connectivity index (χ1) is 7.02. The number of carboxylic acids is 1. The van der Waals surface area contributed by atoms with Crippen molar-refractivity contribution in [1.29, 1.82) is 0 Å². The highest BCUT2D eigenvalue weighted by Gasteiger charge is 2.11. The van der Waals surface area contributed by atoms with E-state index in [9.17, 15) is 14.9 Å². The lowest BCUT2D eigenvalue weighted by molar-refractivity contribution is -0.385. The molecule has 0 saturated carbocycles. The Morgan fingerprint density at radius 3 is 2.67 bits per heavy atom. The maximum absolute atomic E-state index is 10.5. The Morgan fingerprint density at radius 1 is 1.53 bits per heavy atom. The summed E-state index contributed by atoms with van der Waals surface area (Å²) in [6.07, 6.45) is -0.266. The molecule has 0 heterocycles. The van der Waals surface area contributed by atoms with Crippen LogP contribution in [-0.2, 0) is 11.2 Å². The predicted molar refractivity (Wildman–Crippen MR) is 51.0 cm³/mol. The third-order valence-electron chi connectivity index (χ3n) is 1.75. The molecule has 80 valence electrons. The monoisotopic (exact) mass is 211 g/mol. The van der Waals surface area contributed by atoms with Gasteiger partial charge in [-0.3, -0.25) is 14.9 Å². The van der Waals surface area contributed by atoms with Crippen molar-refractivity contribution >= 4 is 11.7 Å². The number of hydrogen-bond donors (Lipinski definition) is 1. The maximum Gasteiger partial charge on any atom is 0.307 e. The zero-order valence-corrected chi connectivity index (χ0v) is 7.97. The molecule has 1 N–H and O–H groups in total. The largest absolute Gasteiger partial charge is 0.496 e. The molecule has 0 unspecified atom stereocenters. The van der Waals surface area contributed by atoms with Gasteiger partial charge in [0.05, 0.1) is 24.5 Å². The molecular weight excluding hydrogens is 202 g/mol. The van der Waals surface area contributed by atoms with Crippen molar-refractivity contribution in [3.05, 3.63) is 33.9 Å². The van der Waals surface area contributed by atoms with Crippen LogP contribution in [0.15, 0.2) is 18.2 Å². The third kappa shape index (κ3) is 2.94. The number of aliphatic carboxylic acids is 1. The van der Waals surface area contributed by atoms with Gasteiger partial charge in [0, 0.05) is 6.07 Å². The molecule has 0 atom stereocenters. The van der Waals surface area contributed by atoms with Crippen molar-refractivity contribution in [1.82, 2.24) is 0 Å². The highest BCUT2D eigenvalue weighted by molar-refractivity contribution is 5.70. The van der Waals surface area contributed by atoms with Crippen LogP contribution < -0.4 is 4.74 Å². The zero-order valence-electron chi connectivity index (χ0n) is 7.97. The molecule has 1 aromatic carbocycles. The van der Waals surface area contributed by atoms with Crippen molar-refractivity contribution in [3.63, 3.8) is 0 Å². The smallest absolute Gasteiger partial charge is 0.307 e. The summed E-state index contributed by atoms with van der Waals surface area (Å²) >= 11 is 0. The lowest BCUT2D eigenvalue weighted by atomic mass is 10.1. The average molecular weight is 211 g/mol. The van der Waals surface area contributed by atoms with Gasteiger partial charge in [0.25, 0.3) is 5.69 Å². The number of ether oxygens (including phenoxy) is 1. The van der Waals surface area contributed by atoms with Crippen molar-refractivity contribution in [2.75, 3.05) is 7.11 Å². The average Bonchev–Trinajstić information content (AvgIpc) is 2.16. The second-order valence-corrected chi connectivity index (χ2v) is 2.87. The molecule has 0 aromatic heterocycles. The number of nitro groups is 1. The lowest BCUT2D eigenvalue weighted by Crippen LogP contribution is -2.01. The summed E-state index contributed by atoms with van der Waals surface area (Å²) in [5.41, 5.74) is 0.166. The van der Waals surface area contributed by atoms with Crippen molar-refractivity contribution in [2.45, 2.75) is 6.42 Å². The minimum atomic E-state index is -1.04. The van der Waals surface area contributed by atoms with Gasteiger partial charge >= 0.3 is 5.97 Å². The van der Waals surface area contributed by atoms with Crippen LogP contribution in [0.2, 0.25) is 0 Å². The van der Waals surface area contributed by atoms with Crippen LogP contribution in [-0.4, -0.2) is 23.1 Å². The van der Waals surface area contributed by atoms with E-state index < -0.39 is 10.9 Å². The SMILES string of the molecule is COc1cc(CC(=O)O)cc([N+](=O)[O-])c1. The second-order valence-electron chi connectivity index (χ2n) is 2.87. The fourth-order valence-electron chi connectivity index (χ4n) is 1.14. The van der Waals surface area contributed by atoms with Crippen LogP contribution in [0.25, 0.3) is 0 Å². The molecule has 1 rings (SSSR count). The lowest BCUT2D eigenvalue weighted by Gasteiger charge is -2.02. The molecule has 6 heteroatoms. The van der Waals surface area contributed by atoms with Crippen LogP contribution in [0.3, 0.4) is 0 Å². The fraction of sp³-hybridized carbons (Fsp3) is 0.222. The number of carbonyl (C=O) groups is 1. The minimum absolute atomic E-state index is 0.175. The van der Waals surface area contributed by atoms with Crippen LogP contribution in [0.5, 0.6) is 5.75 Å². The van der Waals surface area contributed by atoms with Crippen LogP contribution in [0.1, 0.15) is 5.56 Å². The van der Waals surface area contributed by atoms with Crippen molar-refractivity contribution in [3.8, 4) is 5.75 Å². The van der Waals surface area contributed by atoms with E-state index in [4.69, 9.17) is 9.84 Å². The molecule has 0 fully saturated rings. The van der Waals surface area contributed by atoms with E-state index in [1.165, 1.54) is 25.3 Å². The summed E-state index contributed by atoms with van der Waals surface area (Å²) in [5, 5.41) is 19.1. The van der Waals surface area contributed by atoms with Gasteiger partial charge < -0.3 is 9.84 Å². The molecule has 0 amide bonds. The van der Waals surface area contributed by atoms with Gasteiger partial charge in [-0.15, -0.1) is 0 Å². The molecular formula is C9H9NO5. The van der Waals surface area contributed by atoms with E-state index in [0.29, 0.717) is 5.56 Å². The van der Waals surface area contributed by atoms with E-state index >= 15 is 0 Å². The predicted octanol–water partition coefficient (Wildman–Crippen LogP) is 1.23. The Hall–Kier alpha value is -2.11. The van der Waals surface area contributed by atoms with Crippen LogP contribution in [0.4, 0.5) is 5.69 Å². The summed E-state index contributed by atoms with van der Waals surface area (Å²) in [6.45, 7) is 0. The highest BCUT2D eigenvalue weighted by atomic mass is 16.6. The number of benzene rings is 1. The second kappa shape index (κ2) is 4.41. The van der Waals surface area contributed by atoms with Crippen LogP contribution in [0, 0.1) is 10.1 Å². The Morgan fingerprint density at radius 2 is 2.20 bits per heavy atom. The molecule has 0 saturated heterocycles. The van der Waals surface area contributed by atoms with Gasteiger partial charge in [-0.25, -0.2) is 0 Å². The quantitative estimate of drug-likeness (QED) is 0.597. The molecule has 0 aliphatic heterocycles. The Balaban J connectivity index is 3.11. The maximum atomic E-state index is 10.5. The zero-order chi connectivity index (χ0) is 11.4. The molecule has 0 radical (unpaired) electrons. The first-order valence-electron chi connectivity index (χ1n) is 4.07. The third-order valence-corrected chi connectivity index (χ3v) is 1.75. The minimum Gasteiger partial charge on any atom is -0.496 e. The molecule has 15 heavy (non-hydrogen) atoms. The number of non-ortho nitro benzene ring substituents is 1. The van der Waals surface area contributed by atoms with E-state index in [1.807, 2.05) is 0 Å². The molecule has 0 spiro atoms. The Kier molecular flexibility index (Phi) is 3.22. The van der Waals surface area contributed by atoms with Crippen LogP contribution >= 0.6 is 0 Å². The number of nitrogens with zero attached hydrogens (tertiary/aromatic N) is 1. The topological polar surface area (TPSA) is 89.7 Å². The van der Waals surface area contributed by atoms with E-state index in [0.717, 1.165) is 0 Å². The van der Waals surface area contributed by atoms with Gasteiger partial charge in [-0.2, -0.15) is 0 Å². The van der Waals surface area contributed by atoms with E-state index in [2.05, 4.69) is 0 Å². The molecule has 0 aliphatic carbocycles. The molecule has 1 aromatic rings. The molecule has 6 nitrogen and oxygen atoms in total. The molecule has 0 bridgehead atoms. The summed E-state index contributed by atoms with van der Waals surface area (Å²) in [4.78, 5) is 20.4. The van der Waals surface area contributed by atoms with Crippen molar-refractivity contribution in [2.24, 2.45) is 0 Å². The number of nitro benzene ring substituents is 1. The number of hydrogen-bond acceptors (Lipinski definition) is 4. The molecule has 0 aliphatic rings. The standard InChI is InChI=1S/C9H9NO5/c1-15-8-3-6(4-9(11)12)2-7(5-8)10(13)14/h2-3,5H,4H2,1H3,(H,11,12). The number of methoxy groups -OCH3 is 1. The normalized spacial score (nSPS) is 9.67. The summed E-state index contributed by atoms with van der Waals surface area (Å²) in [5.74, 6) is -0.766. The Bertz CT molecular complexity index is 401. The van der Waals surface area contributed by atoms with Crippen molar-refractivity contribution < 1.29 is 19.6 Å². The number of carboxylic acid groups (broad SMARTS) is 1. The van der Waals surface area contributed by atoms with Gasteiger partial charge in [0.1, 0.15) is 5.75 Å². The highest BCUT2D eigenvalue weighted by Crippen LogP contribution is 2.22. The number of rotatable bonds is 4. The van der Waals surface area contributed by atoms with Gasteiger partial charge in [-0.1, -0.05) is 0 Å². The first kappa shape index (κ1) is 11.0. The summed E-state index contributed by atoms with van der Waals surface area (Å²) in [6, 6.07) is 3.92.